The molecule has 3 heteroatoms. The molecule has 0 spiro atoms. The van der Waals surface area contributed by atoms with Crippen molar-refractivity contribution < 1.29 is 14.6 Å². The zero-order valence-electron chi connectivity index (χ0n) is 13.2. The lowest BCUT2D eigenvalue weighted by Crippen LogP contribution is -2.33. The summed E-state index contributed by atoms with van der Waals surface area (Å²) in [4.78, 5) is 11.0. The molecule has 0 bridgehead atoms. The third-order valence-corrected chi connectivity index (χ3v) is 3.98. The Morgan fingerprint density at radius 2 is 2.25 bits per heavy atom. The second kappa shape index (κ2) is 7.63. The SMILES string of the molecule is CC(=O)OCC1(O)C=CC(C(C)C)CCC(C)=CCC1. The van der Waals surface area contributed by atoms with Crippen molar-refractivity contribution in [2.45, 2.75) is 59.0 Å². The predicted molar refractivity (Wildman–Crippen MR) is 81.3 cm³/mol. The highest BCUT2D eigenvalue weighted by atomic mass is 16.5. The van der Waals surface area contributed by atoms with Crippen molar-refractivity contribution >= 4 is 5.97 Å². The lowest BCUT2D eigenvalue weighted by Gasteiger charge is -2.26. The number of hydrogen-bond donors (Lipinski definition) is 1. The van der Waals surface area contributed by atoms with Crippen molar-refractivity contribution in [2.24, 2.45) is 11.8 Å². The molecular formula is C17H28O3. The molecule has 0 aromatic carbocycles. The van der Waals surface area contributed by atoms with Gasteiger partial charge in [-0.3, -0.25) is 4.79 Å². The fourth-order valence-corrected chi connectivity index (χ4v) is 2.45. The van der Waals surface area contributed by atoms with Gasteiger partial charge in [-0.15, -0.1) is 0 Å². The molecule has 114 valence electrons. The van der Waals surface area contributed by atoms with Crippen LogP contribution in [0.4, 0.5) is 0 Å². The Morgan fingerprint density at radius 1 is 1.55 bits per heavy atom. The van der Waals surface area contributed by atoms with E-state index in [4.69, 9.17) is 4.74 Å². The lowest BCUT2D eigenvalue weighted by molar-refractivity contribution is -0.146. The van der Waals surface area contributed by atoms with E-state index < -0.39 is 5.60 Å². The van der Waals surface area contributed by atoms with E-state index in [1.54, 1.807) is 0 Å². The van der Waals surface area contributed by atoms with Crippen LogP contribution in [0.25, 0.3) is 0 Å². The van der Waals surface area contributed by atoms with Crippen LogP contribution in [0.3, 0.4) is 0 Å². The molecule has 0 saturated carbocycles. The molecule has 1 aliphatic carbocycles. The predicted octanol–water partition coefficient (Wildman–Crippen LogP) is 3.63. The molecule has 20 heavy (non-hydrogen) atoms. The third-order valence-electron chi connectivity index (χ3n) is 3.98. The van der Waals surface area contributed by atoms with Gasteiger partial charge in [0.25, 0.3) is 0 Å². The maximum absolute atomic E-state index is 11.0. The quantitative estimate of drug-likeness (QED) is 0.634. The Hall–Kier alpha value is -1.09. The van der Waals surface area contributed by atoms with Crippen LogP contribution in [0, 0.1) is 11.8 Å². The van der Waals surface area contributed by atoms with Gasteiger partial charge in [0.15, 0.2) is 0 Å². The molecule has 0 aliphatic heterocycles. The van der Waals surface area contributed by atoms with Crippen molar-refractivity contribution in [2.75, 3.05) is 6.61 Å². The Morgan fingerprint density at radius 3 is 2.85 bits per heavy atom. The van der Waals surface area contributed by atoms with Crippen LogP contribution in [-0.4, -0.2) is 23.3 Å². The minimum atomic E-state index is -1.05. The van der Waals surface area contributed by atoms with E-state index in [9.17, 15) is 9.90 Å². The number of allylic oxidation sites excluding steroid dienone is 3. The standard InChI is InChI=1S/C17H28O3/c1-13(2)16-8-7-14(3)6-5-10-17(19,11-9-16)12-20-15(4)18/h6,9,11,13,16,19H,5,7-8,10,12H2,1-4H3. The summed E-state index contributed by atoms with van der Waals surface area (Å²) < 4.78 is 5.01. The topological polar surface area (TPSA) is 46.5 Å². The van der Waals surface area contributed by atoms with Gasteiger partial charge >= 0.3 is 5.97 Å². The van der Waals surface area contributed by atoms with Gasteiger partial charge in [-0.1, -0.05) is 37.6 Å². The maximum Gasteiger partial charge on any atom is 0.302 e. The van der Waals surface area contributed by atoms with Gasteiger partial charge in [0.05, 0.1) is 0 Å². The van der Waals surface area contributed by atoms with Crippen LogP contribution in [0.1, 0.15) is 53.4 Å². The number of hydrogen-bond acceptors (Lipinski definition) is 3. The largest absolute Gasteiger partial charge is 0.462 e. The Labute approximate surface area is 122 Å². The summed E-state index contributed by atoms with van der Waals surface area (Å²) in [6, 6.07) is 0. The number of carbonyl (C=O) groups is 1. The molecule has 0 amide bonds. The first-order chi connectivity index (χ1) is 9.32. The van der Waals surface area contributed by atoms with Gasteiger partial charge in [-0.05, 0) is 44.4 Å². The summed E-state index contributed by atoms with van der Waals surface area (Å²) in [5.41, 5.74) is 0.327. The highest BCUT2D eigenvalue weighted by Crippen LogP contribution is 2.26. The summed E-state index contributed by atoms with van der Waals surface area (Å²) in [6.07, 6.45) is 9.73. The van der Waals surface area contributed by atoms with Crippen LogP contribution in [0.15, 0.2) is 23.8 Å². The Balaban J connectivity index is 2.86. The smallest absolute Gasteiger partial charge is 0.302 e. The zero-order chi connectivity index (χ0) is 15.2. The Kier molecular flexibility index (Phi) is 6.47. The van der Waals surface area contributed by atoms with E-state index in [-0.39, 0.29) is 12.6 Å². The van der Waals surface area contributed by atoms with E-state index >= 15 is 0 Å². The summed E-state index contributed by atoms with van der Waals surface area (Å²) in [5.74, 6) is 0.632. The summed E-state index contributed by atoms with van der Waals surface area (Å²) in [5, 5.41) is 10.6. The summed E-state index contributed by atoms with van der Waals surface area (Å²) in [7, 11) is 0. The van der Waals surface area contributed by atoms with Crippen molar-refractivity contribution in [1.29, 1.82) is 0 Å². The van der Waals surface area contributed by atoms with E-state index in [2.05, 4.69) is 32.9 Å². The van der Waals surface area contributed by atoms with Crippen LogP contribution in [0.2, 0.25) is 0 Å². The number of esters is 1. The molecule has 0 aromatic heterocycles. The lowest BCUT2D eigenvalue weighted by atomic mass is 9.85. The van der Waals surface area contributed by atoms with Crippen LogP contribution in [-0.2, 0) is 9.53 Å². The molecule has 1 rings (SSSR count). The number of carbonyl (C=O) groups excluding carboxylic acids is 1. The fraction of sp³-hybridized carbons (Fsp3) is 0.706. The van der Waals surface area contributed by atoms with E-state index in [1.165, 1.54) is 12.5 Å². The number of ether oxygens (including phenoxy) is 1. The van der Waals surface area contributed by atoms with Crippen LogP contribution in [0.5, 0.6) is 0 Å². The van der Waals surface area contributed by atoms with Crippen molar-refractivity contribution in [1.82, 2.24) is 0 Å². The maximum atomic E-state index is 11.0. The van der Waals surface area contributed by atoms with Crippen molar-refractivity contribution in [3.05, 3.63) is 23.8 Å². The first-order valence-corrected chi connectivity index (χ1v) is 7.53. The van der Waals surface area contributed by atoms with Crippen LogP contribution >= 0.6 is 0 Å². The molecule has 0 aromatic rings. The highest BCUT2D eigenvalue weighted by Gasteiger charge is 2.26. The third kappa shape index (κ3) is 5.91. The molecule has 1 N–H and O–H groups in total. The molecule has 0 radical (unpaired) electrons. The van der Waals surface area contributed by atoms with Gasteiger partial charge in [0.2, 0.25) is 0 Å². The molecular weight excluding hydrogens is 252 g/mol. The van der Waals surface area contributed by atoms with Crippen LogP contribution < -0.4 is 0 Å². The van der Waals surface area contributed by atoms with E-state index in [0.29, 0.717) is 18.3 Å². The average molecular weight is 280 g/mol. The highest BCUT2D eigenvalue weighted by molar-refractivity contribution is 5.66. The van der Waals surface area contributed by atoms with E-state index in [1.807, 2.05) is 6.08 Å². The second-order valence-electron chi connectivity index (χ2n) is 6.28. The summed E-state index contributed by atoms with van der Waals surface area (Å²) in [6.45, 7) is 7.95. The van der Waals surface area contributed by atoms with Crippen molar-refractivity contribution in [3.63, 3.8) is 0 Å². The molecule has 0 saturated heterocycles. The van der Waals surface area contributed by atoms with Gasteiger partial charge in [-0.25, -0.2) is 0 Å². The molecule has 2 unspecified atom stereocenters. The minimum absolute atomic E-state index is 0.0382. The van der Waals surface area contributed by atoms with Crippen molar-refractivity contribution in [3.8, 4) is 0 Å². The van der Waals surface area contributed by atoms with Gasteiger partial charge in [-0.2, -0.15) is 0 Å². The Bertz CT molecular complexity index is 382. The molecule has 2 atom stereocenters. The second-order valence-corrected chi connectivity index (χ2v) is 6.28. The molecule has 0 fully saturated rings. The monoisotopic (exact) mass is 280 g/mol. The first kappa shape index (κ1) is 17.0. The zero-order valence-corrected chi connectivity index (χ0v) is 13.2. The minimum Gasteiger partial charge on any atom is -0.462 e. The normalized spacial score (nSPS) is 28.1. The number of rotatable bonds is 3. The van der Waals surface area contributed by atoms with Gasteiger partial charge in [0, 0.05) is 6.92 Å². The van der Waals surface area contributed by atoms with Gasteiger partial charge < -0.3 is 9.84 Å². The summed E-state index contributed by atoms with van der Waals surface area (Å²) >= 11 is 0. The fourth-order valence-electron chi connectivity index (χ4n) is 2.45. The first-order valence-electron chi connectivity index (χ1n) is 7.53. The molecule has 0 heterocycles. The molecule has 1 aliphatic rings. The number of aliphatic hydroxyl groups is 1. The van der Waals surface area contributed by atoms with Gasteiger partial charge in [0.1, 0.15) is 12.2 Å². The molecule has 3 nitrogen and oxygen atoms in total. The average Bonchev–Trinajstić information content (AvgIpc) is 2.36. The van der Waals surface area contributed by atoms with E-state index in [0.717, 1.165) is 19.3 Å².